The number of rotatable bonds is 8. The van der Waals surface area contributed by atoms with Crippen LogP contribution in [-0.4, -0.2) is 49.3 Å². The minimum Gasteiger partial charge on any atom is -0.497 e. The third kappa shape index (κ3) is 5.06. The predicted molar refractivity (Wildman–Crippen MR) is 109 cm³/mol. The van der Waals surface area contributed by atoms with Crippen LogP contribution in [0, 0.1) is 0 Å². The van der Waals surface area contributed by atoms with E-state index in [1.807, 2.05) is 0 Å². The van der Waals surface area contributed by atoms with Gasteiger partial charge in [-0.2, -0.15) is 4.98 Å². The Kier molecular flexibility index (Phi) is 6.87. The van der Waals surface area contributed by atoms with Crippen LogP contribution in [0.5, 0.6) is 11.5 Å². The van der Waals surface area contributed by atoms with Crippen LogP contribution in [0.15, 0.2) is 47.0 Å². The molecule has 3 aromatic rings. The van der Waals surface area contributed by atoms with Crippen LogP contribution in [0.2, 0.25) is 5.02 Å². The second-order valence-corrected chi connectivity index (χ2v) is 6.45. The molecule has 2 amide bonds. The summed E-state index contributed by atoms with van der Waals surface area (Å²) in [6.45, 7) is 0.387. The zero-order valence-corrected chi connectivity index (χ0v) is 17.0. The Hall–Kier alpha value is -3.59. The lowest BCUT2D eigenvalue weighted by Gasteiger charge is -2.07. The van der Waals surface area contributed by atoms with Crippen molar-refractivity contribution in [3.63, 3.8) is 0 Å². The average molecular weight is 431 g/mol. The Bertz CT molecular complexity index is 1050. The van der Waals surface area contributed by atoms with E-state index in [1.165, 1.54) is 14.2 Å². The van der Waals surface area contributed by atoms with Crippen LogP contribution in [0.25, 0.3) is 11.4 Å². The Morgan fingerprint density at radius 3 is 2.53 bits per heavy atom. The van der Waals surface area contributed by atoms with E-state index < -0.39 is 5.91 Å². The van der Waals surface area contributed by atoms with E-state index in [2.05, 4.69) is 20.8 Å². The Balaban J connectivity index is 1.54. The van der Waals surface area contributed by atoms with Crippen molar-refractivity contribution < 1.29 is 23.6 Å². The van der Waals surface area contributed by atoms with Gasteiger partial charge in [-0.1, -0.05) is 22.8 Å². The van der Waals surface area contributed by atoms with Crippen LogP contribution < -0.4 is 20.1 Å². The quantitative estimate of drug-likeness (QED) is 0.527. The minimum atomic E-state index is -0.564. The normalized spacial score (nSPS) is 10.4. The fourth-order valence-corrected chi connectivity index (χ4v) is 2.75. The van der Waals surface area contributed by atoms with Gasteiger partial charge in [-0.3, -0.25) is 9.59 Å². The minimum absolute atomic E-state index is 0.172. The molecule has 0 bridgehead atoms. The number of benzene rings is 2. The van der Waals surface area contributed by atoms with Gasteiger partial charge in [0.2, 0.25) is 5.82 Å². The second kappa shape index (κ2) is 9.75. The number of ether oxygens (including phenoxy) is 2. The molecule has 2 N–H and O–H groups in total. The summed E-state index contributed by atoms with van der Waals surface area (Å²) in [6, 6.07) is 11.7. The first-order chi connectivity index (χ1) is 14.5. The van der Waals surface area contributed by atoms with Crippen molar-refractivity contribution >= 4 is 23.4 Å². The number of methoxy groups -OCH3 is 2. The summed E-state index contributed by atoms with van der Waals surface area (Å²) < 4.78 is 15.4. The second-order valence-electron chi connectivity index (χ2n) is 6.01. The van der Waals surface area contributed by atoms with E-state index in [1.54, 1.807) is 42.5 Å². The third-order valence-corrected chi connectivity index (χ3v) is 4.29. The largest absolute Gasteiger partial charge is 0.497 e. The summed E-state index contributed by atoms with van der Waals surface area (Å²) in [6.07, 6.45) is 0. The molecule has 10 heteroatoms. The summed E-state index contributed by atoms with van der Waals surface area (Å²) in [4.78, 5) is 28.4. The van der Waals surface area contributed by atoms with E-state index in [-0.39, 0.29) is 30.7 Å². The molecule has 0 unspecified atom stereocenters. The highest BCUT2D eigenvalue weighted by Gasteiger charge is 2.18. The maximum atomic E-state index is 12.2. The Morgan fingerprint density at radius 2 is 1.80 bits per heavy atom. The molecule has 0 fully saturated rings. The van der Waals surface area contributed by atoms with Crippen molar-refractivity contribution in [2.75, 3.05) is 27.3 Å². The van der Waals surface area contributed by atoms with Crippen LogP contribution >= 0.6 is 11.6 Å². The van der Waals surface area contributed by atoms with Crippen LogP contribution in [-0.2, 0) is 0 Å². The molecule has 0 aliphatic heterocycles. The zero-order valence-electron chi connectivity index (χ0n) is 16.3. The fourth-order valence-electron chi connectivity index (χ4n) is 2.57. The number of halogens is 1. The first kappa shape index (κ1) is 21.1. The van der Waals surface area contributed by atoms with Gasteiger partial charge in [0.1, 0.15) is 11.5 Å². The Morgan fingerprint density at radius 1 is 1.03 bits per heavy atom. The van der Waals surface area contributed by atoms with Crippen molar-refractivity contribution in [2.45, 2.75) is 0 Å². The van der Waals surface area contributed by atoms with Gasteiger partial charge in [0.15, 0.2) is 0 Å². The number of aromatic nitrogens is 2. The van der Waals surface area contributed by atoms with E-state index in [0.29, 0.717) is 27.6 Å². The highest BCUT2D eigenvalue weighted by atomic mass is 35.5. The zero-order chi connectivity index (χ0) is 21.5. The number of nitrogens with zero attached hydrogens (tertiary/aromatic N) is 2. The number of carbonyl (C=O) groups excluding carboxylic acids is 2. The maximum Gasteiger partial charge on any atom is 0.316 e. The van der Waals surface area contributed by atoms with Gasteiger partial charge in [0.05, 0.1) is 19.8 Å². The number of hydrogen-bond donors (Lipinski definition) is 2. The van der Waals surface area contributed by atoms with Gasteiger partial charge >= 0.3 is 11.8 Å². The molecule has 30 heavy (non-hydrogen) atoms. The first-order valence-corrected chi connectivity index (χ1v) is 9.27. The van der Waals surface area contributed by atoms with E-state index in [0.717, 1.165) is 0 Å². The summed E-state index contributed by atoms with van der Waals surface area (Å²) >= 11 is 6.00. The van der Waals surface area contributed by atoms with Gasteiger partial charge in [0, 0.05) is 23.7 Å². The smallest absolute Gasteiger partial charge is 0.316 e. The molecule has 0 radical (unpaired) electrons. The van der Waals surface area contributed by atoms with Crippen molar-refractivity contribution in [1.29, 1.82) is 0 Å². The lowest BCUT2D eigenvalue weighted by Crippen LogP contribution is -2.34. The molecule has 0 spiro atoms. The summed E-state index contributed by atoms with van der Waals surface area (Å²) in [5, 5.41) is 9.57. The molecule has 0 saturated heterocycles. The standard InChI is InChI=1S/C20H19ClN4O5/c1-28-14-5-3-4-12(10-14)18(26)22-8-9-23-19(27)20-24-17(25-30-20)15-11-13(21)6-7-16(15)29-2/h3-7,10-11H,8-9H2,1-2H3,(H,22,26)(H,23,27). The van der Waals surface area contributed by atoms with Crippen LogP contribution in [0.4, 0.5) is 0 Å². The molecule has 1 heterocycles. The van der Waals surface area contributed by atoms with Crippen LogP contribution in [0.1, 0.15) is 21.0 Å². The number of carbonyl (C=O) groups is 2. The molecular weight excluding hydrogens is 412 g/mol. The van der Waals surface area contributed by atoms with E-state index >= 15 is 0 Å². The maximum absolute atomic E-state index is 12.2. The number of nitrogens with one attached hydrogen (secondary N) is 2. The highest BCUT2D eigenvalue weighted by molar-refractivity contribution is 6.30. The molecule has 0 aliphatic rings. The van der Waals surface area contributed by atoms with Gasteiger partial charge in [-0.15, -0.1) is 0 Å². The molecule has 0 saturated carbocycles. The third-order valence-electron chi connectivity index (χ3n) is 4.05. The van der Waals surface area contributed by atoms with E-state index in [4.69, 9.17) is 25.6 Å². The number of hydrogen-bond acceptors (Lipinski definition) is 7. The lowest BCUT2D eigenvalue weighted by atomic mass is 10.2. The first-order valence-electron chi connectivity index (χ1n) is 8.90. The van der Waals surface area contributed by atoms with Crippen molar-refractivity contribution in [2.24, 2.45) is 0 Å². The average Bonchev–Trinajstić information content (AvgIpc) is 3.26. The number of amides is 2. The van der Waals surface area contributed by atoms with Gasteiger partial charge < -0.3 is 24.6 Å². The molecular formula is C20H19ClN4O5. The molecule has 1 aromatic heterocycles. The molecule has 3 rings (SSSR count). The monoisotopic (exact) mass is 430 g/mol. The van der Waals surface area contributed by atoms with Gasteiger partial charge in [0.25, 0.3) is 5.91 Å². The van der Waals surface area contributed by atoms with Crippen molar-refractivity contribution in [1.82, 2.24) is 20.8 Å². The molecule has 9 nitrogen and oxygen atoms in total. The summed E-state index contributed by atoms with van der Waals surface area (Å²) in [5.41, 5.74) is 0.955. The Labute approximate surface area is 177 Å². The topological polar surface area (TPSA) is 116 Å². The van der Waals surface area contributed by atoms with Crippen molar-refractivity contribution in [3.05, 3.63) is 58.9 Å². The fraction of sp³-hybridized carbons (Fsp3) is 0.200. The molecule has 0 atom stereocenters. The SMILES string of the molecule is COc1cccc(C(=O)NCCNC(=O)c2nc(-c3cc(Cl)ccc3OC)no2)c1. The van der Waals surface area contributed by atoms with Crippen molar-refractivity contribution in [3.8, 4) is 22.9 Å². The predicted octanol–water partition coefficient (Wildman–Crippen LogP) is 2.57. The van der Waals surface area contributed by atoms with Gasteiger partial charge in [-0.25, -0.2) is 0 Å². The highest BCUT2D eigenvalue weighted by Crippen LogP contribution is 2.30. The van der Waals surface area contributed by atoms with Gasteiger partial charge in [-0.05, 0) is 36.4 Å². The summed E-state index contributed by atoms with van der Waals surface area (Å²) in [7, 11) is 3.03. The molecule has 156 valence electrons. The summed E-state index contributed by atoms with van der Waals surface area (Å²) in [5.74, 6) is 0.186. The molecule has 2 aromatic carbocycles. The lowest BCUT2D eigenvalue weighted by molar-refractivity contribution is 0.0898. The molecule has 0 aliphatic carbocycles. The van der Waals surface area contributed by atoms with E-state index in [9.17, 15) is 9.59 Å². The van der Waals surface area contributed by atoms with Crippen LogP contribution in [0.3, 0.4) is 0 Å².